The summed E-state index contributed by atoms with van der Waals surface area (Å²) in [4.78, 5) is 23.8. The highest BCUT2D eigenvalue weighted by atomic mass is 16.5. The topological polar surface area (TPSA) is 80.6 Å². The second-order valence-electron chi connectivity index (χ2n) is 5.14. The minimum Gasteiger partial charge on any atom is -0.496 e. The lowest BCUT2D eigenvalue weighted by molar-refractivity contribution is -0.121. The molecule has 0 saturated carbocycles. The molecule has 1 aromatic carbocycles. The van der Waals surface area contributed by atoms with Crippen LogP contribution in [0, 0.1) is 13.8 Å². The van der Waals surface area contributed by atoms with Gasteiger partial charge < -0.3 is 9.15 Å². The quantitative estimate of drug-likeness (QED) is 0.829. The Balaban J connectivity index is 1.83. The molecule has 2 rings (SSSR count). The van der Waals surface area contributed by atoms with Crippen LogP contribution in [-0.2, 0) is 11.2 Å². The van der Waals surface area contributed by atoms with Gasteiger partial charge in [-0.1, -0.05) is 18.2 Å². The minimum atomic E-state index is -0.398. The predicted octanol–water partition coefficient (Wildman–Crippen LogP) is 2.30. The molecule has 0 spiro atoms. The number of furan rings is 1. The Morgan fingerprint density at radius 1 is 1.17 bits per heavy atom. The zero-order valence-electron chi connectivity index (χ0n) is 13.4. The van der Waals surface area contributed by atoms with Gasteiger partial charge in [-0.05, 0) is 38.0 Å². The SMILES string of the molecule is COc1ccccc1CCC(=O)NNC(=O)c1cc(C)oc1C. The molecule has 0 fully saturated rings. The molecule has 2 amide bonds. The largest absolute Gasteiger partial charge is 0.496 e. The lowest BCUT2D eigenvalue weighted by atomic mass is 10.1. The Labute approximate surface area is 134 Å². The van der Waals surface area contributed by atoms with E-state index in [1.165, 1.54) is 0 Å². The van der Waals surface area contributed by atoms with Crippen LogP contribution in [0.15, 0.2) is 34.7 Å². The van der Waals surface area contributed by atoms with Gasteiger partial charge in [0.2, 0.25) is 5.91 Å². The molecule has 6 nitrogen and oxygen atoms in total. The normalized spacial score (nSPS) is 10.2. The number of hydrogen-bond acceptors (Lipinski definition) is 4. The number of benzene rings is 1. The first-order valence-electron chi connectivity index (χ1n) is 7.29. The second-order valence-corrected chi connectivity index (χ2v) is 5.14. The summed E-state index contributed by atoms with van der Waals surface area (Å²) >= 11 is 0. The molecule has 0 saturated heterocycles. The molecule has 0 bridgehead atoms. The van der Waals surface area contributed by atoms with Crippen LogP contribution in [-0.4, -0.2) is 18.9 Å². The van der Waals surface area contributed by atoms with Crippen molar-refractivity contribution in [2.45, 2.75) is 26.7 Å². The second kappa shape index (κ2) is 7.49. The Bertz CT molecular complexity index is 706. The summed E-state index contributed by atoms with van der Waals surface area (Å²) in [6.07, 6.45) is 0.764. The molecule has 1 aromatic heterocycles. The van der Waals surface area contributed by atoms with Crippen molar-refractivity contribution in [1.29, 1.82) is 0 Å². The maximum atomic E-state index is 12.0. The maximum absolute atomic E-state index is 12.0. The third kappa shape index (κ3) is 4.35. The van der Waals surface area contributed by atoms with Gasteiger partial charge in [-0.25, -0.2) is 0 Å². The van der Waals surface area contributed by atoms with Crippen molar-refractivity contribution in [2.24, 2.45) is 0 Å². The average molecular weight is 316 g/mol. The lowest BCUT2D eigenvalue weighted by Crippen LogP contribution is -2.41. The van der Waals surface area contributed by atoms with Crippen LogP contribution in [0.3, 0.4) is 0 Å². The number of ether oxygens (including phenoxy) is 1. The van der Waals surface area contributed by atoms with Gasteiger partial charge in [0.15, 0.2) is 0 Å². The van der Waals surface area contributed by atoms with E-state index in [0.29, 0.717) is 23.5 Å². The van der Waals surface area contributed by atoms with Gasteiger partial charge in [0, 0.05) is 6.42 Å². The van der Waals surface area contributed by atoms with Crippen molar-refractivity contribution in [3.63, 3.8) is 0 Å². The first-order chi connectivity index (χ1) is 11.0. The third-order valence-electron chi connectivity index (χ3n) is 3.41. The number of nitrogens with one attached hydrogen (secondary N) is 2. The molecular weight excluding hydrogens is 296 g/mol. The van der Waals surface area contributed by atoms with Crippen LogP contribution in [0.25, 0.3) is 0 Å². The molecule has 6 heteroatoms. The van der Waals surface area contributed by atoms with Crippen LogP contribution < -0.4 is 15.6 Å². The summed E-state index contributed by atoms with van der Waals surface area (Å²) in [5.41, 5.74) is 6.14. The van der Waals surface area contributed by atoms with Crippen molar-refractivity contribution in [3.8, 4) is 5.75 Å². The van der Waals surface area contributed by atoms with Gasteiger partial charge in [0.1, 0.15) is 17.3 Å². The lowest BCUT2D eigenvalue weighted by Gasteiger charge is -2.09. The van der Waals surface area contributed by atoms with Crippen molar-refractivity contribution in [3.05, 3.63) is 53.0 Å². The van der Waals surface area contributed by atoms with E-state index in [0.717, 1.165) is 11.3 Å². The molecule has 2 N–H and O–H groups in total. The van der Waals surface area contributed by atoms with E-state index in [9.17, 15) is 9.59 Å². The van der Waals surface area contributed by atoms with Crippen LogP contribution in [0.2, 0.25) is 0 Å². The summed E-state index contributed by atoms with van der Waals surface area (Å²) < 4.78 is 10.5. The van der Waals surface area contributed by atoms with E-state index < -0.39 is 5.91 Å². The van der Waals surface area contributed by atoms with Gasteiger partial charge >= 0.3 is 0 Å². The Morgan fingerprint density at radius 2 is 1.91 bits per heavy atom. The Hall–Kier alpha value is -2.76. The number of carbonyl (C=O) groups excluding carboxylic acids is 2. The fourth-order valence-electron chi connectivity index (χ4n) is 2.27. The summed E-state index contributed by atoms with van der Waals surface area (Å²) in [5, 5.41) is 0. The average Bonchev–Trinajstić information content (AvgIpc) is 2.89. The number of aryl methyl sites for hydroxylation is 3. The summed E-state index contributed by atoms with van der Waals surface area (Å²) in [7, 11) is 1.59. The first kappa shape index (κ1) is 16.6. The number of rotatable bonds is 5. The zero-order valence-corrected chi connectivity index (χ0v) is 13.4. The summed E-state index contributed by atoms with van der Waals surface area (Å²) in [6.45, 7) is 3.46. The van der Waals surface area contributed by atoms with Crippen LogP contribution in [0.1, 0.15) is 33.9 Å². The summed E-state index contributed by atoms with van der Waals surface area (Å²) in [6, 6.07) is 9.15. The highest BCUT2D eigenvalue weighted by Crippen LogP contribution is 2.18. The number of hydrazine groups is 1. The molecule has 2 aromatic rings. The smallest absolute Gasteiger partial charge is 0.273 e. The van der Waals surface area contributed by atoms with Crippen LogP contribution in [0.5, 0.6) is 5.75 Å². The fraction of sp³-hybridized carbons (Fsp3) is 0.294. The molecule has 0 radical (unpaired) electrons. The van der Waals surface area contributed by atoms with Crippen molar-refractivity contribution >= 4 is 11.8 Å². The number of methoxy groups -OCH3 is 1. The Morgan fingerprint density at radius 3 is 2.57 bits per heavy atom. The molecule has 122 valence electrons. The molecule has 0 unspecified atom stereocenters. The molecule has 0 aliphatic carbocycles. The van der Waals surface area contributed by atoms with Gasteiger partial charge in [-0.2, -0.15) is 0 Å². The highest BCUT2D eigenvalue weighted by Gasteiger charge is 2.14. The molecule has 0 atom stereocenters. The first-order valence-corrected chi connectivity index (χ1v) is 7.29. The molecule has 0 aliphatic rings. The van der Waals surface area contributed by atoms with E-state index in [1.54, 1.807) is 27.0 Å². The van der Waals surface area contributed by atoms with Gasteiger partial charge in [-0.3, -0.25) is 20.4 Å². The van der Waals surface area contributed by atoms with Gasteiger partial charge in [0.25, 0.3) is 5.91 Å². The van der Waals surface area contributed by atoms with Crippen molar-refractivity contribution < 1.29 is 18.7 Å². The van der Waals surface area contributed by atoms with E-state index >= 15 is 0 Å². The van der Waals surface area contributed by atoms with Crippen LogP contribution >= 0.6 is 0 Å². The van der Waals surface area contributed by atoms with E-state index in [4.69, 9.17) is 9.15 Å². The fourth-order valence-corrected chi connectivity index (χ4v) is 2.27. The number of hydrogen-bond donors (Lipinski definition) is 2. The number of para-hydroxylation sites is 1. The van der Waals surface area contributed by atoms with E-state index in [-0.39, 0.29) is 12.3 Å². The third-order valence-corrected chi connectivity index (χ3v) is 3.41. The highest BCUT2D eigenvalue weighted by molar-refractivity contribution is 5.96. The number of amides is 2. The van der Waals surface area contributed by atoms with Crippen molar-refractivity contribution in [2.75, 3.05) is 7.11 Å². The van der Waals surface area contributed by atoms with Gasteiger partial charge in [-0.15, -0.1) is 0 Å². The minimum absolute atomic E-state index is 0.240. The summed E-state index contributed by atoms with van der Waals surface area (Å²) in [5.74, 6) is 1.24. The van der Waals surface area contributed by atoms with Crippen LogP contribution in [0.4, 0.5) is 0 Å². The zero-order chi connectivity index (χ0) is 16.8. The maximum Gasteiger partial charge on any atom is 0.273 e. The predicted molar refractivity (Wildman–Crippen MR) is 85.1 cm³/mol. The van der Waals surface area contributed by atoms with Gasteiger partial charge in [0.05, 0.1) is 12.7 Å². The molecule has 1 heterocycles. The monoisotopic (exact) mass is 316 g/mol. The standard InChI is InChI=1S/C17H20N2O4/c1-11-10-14(12(2)23-11)17(21)19-18-16(20)9-8-13-6-4-5-7-15(13)22-3/h4-7,10H,8-9H2,1-3H3,(H,18,20)(H,19,21). The number of carbonyl (C=O) groups is 2. The van der Waals surface area contributed by atoms with E-state index in [1.807, 2.05) is 24.3 Å². The molecule has 23 heavy (non-hydrogen) atoms. The Kier molecular flexibility index (Phi) is 5.41. The van der Waals surface area contributed by atoms with E-state index in [2.05, 4.69) is 10.9 Å². The molecule has 0 aliphatic heterocycles. The molecular formula is C17H20N2O4. The van der Waals surface area contributed by atoms with Crippen molar-refractivity contribution in [1.82, 2.24) is 10.9 Å².